The van der Waals surface area contributed by atoms with Crippen LogP contribution >= 0.6 is 0 Å². The SMILES string of the molecule is O=C(O)C1C[C@@H]2[C@H]3CC[C@@H](C3)[C@@H]2C1. The lowest BCUT2D eigenvalue weighted by molar-refractivity contribution is -0.141. The van der Waals surface area contributed by atoms with Crippen molar-refractivity contribution in [1.29, 1.82) is 0 Å². The number of hydrogen-bond acceptors (Lipinski definition) is 1. The highest BCUT2D eigenvalue weighted by molar-refractivity contribution is 5.70. The van der Waals surface area contributed by atoms with Crippen molar-refractivity contribution in [2.75, 3.05) is 0 Å². The number of aliphatic carboxylic acids is 1. The van der Waals surface area contributed by atoms with Gasteiger partial charge in [0.2, 0.25) is 0 Å². The first-order valence-electron chi connectivity index (χ1n) is 5.48. The van der Waals surface area contributed by atoms with Crippen molar-refractivity contribution in [3.63, 3.8) is 0 Å². The Balaban J connectivity index is 1.79. The third-order valence-electron chi connectivity index (χ3n) is 4.74. The van der Waals surface area contributed by atoms with Crippen molar-refractivity contribution in [2.24, 2.45) is 29.6 Å². The van der Waals surface area contributed by atoms with E-state index in [2.05, 4.69) is 0 Å². The summed E-state index contributed by atoms with van der Waals surface area (Å²) in [5.41, 5.74) is 0. The molecule has 0 aromatic rings. The molecule has 0 spiro atoms. The summed E-state index contributed by atoms with van der Waals surface area (Å²) in [7, 11) is 0. The largest absolute Gasteiger partial charge is 0.481 e. The Labute approximate surface area is 78.3 Å². The van der Waals surface area contributed by atoms with Gasteiger partial charge in [-0.15, -0.1) is 0 Å². The fraction of sp³-hybridized carbons (Fsp3) is 0.909. The van der Waals surface area contributed by atoms with Crippen molar-refractivity contribution in [1.82, 2.24) is 0 Å². The standard InChI is InChI=1S/C11H16O2/c12-11(13)8-4-9-6-1-2-7(3-6)10(9)5-8/h6-10H,1-5H2,(H,12,13)/t6-,7-,8?,9-,10+/m0/s1. The third kappa shape index (κ3) is 0.976. The minimum atomic E-state index is -0.547. The first-order chi connectivity index (χ1) is 6.25. The van der Waals surface area contributed by atoms with Gasteiger partial charge in [-0.25, -0.2) is 0 Å². The van der Waals surface area contributed by atoms with Crippen molar-refractivity contribution in [3.05, 3.63) is 0 Å². The molecule has 1 unspecified atom stereocenters. The fourth-order valence-corrected chi connectivity index (χ4v) is 4.22. The topological polar surface area (TPSA) is 37.3 Å². The van der Waals surface area contributed by atoms with Crippen molar-refractivity contribution in [3.8, 4) is 0 Å². The van der Waals surface area contributed by atoms with E-state index in [9.17, 15) is 4.79 Å². The predicted octanol–water partition coefficient (Wildman–Crippen LogP) is 2.14. The second-order valence-corrected chi connectivity index (χ2v) is 5.17. The van der Waals surface area contributed by atoms with E-state index in [0.29, 0.717) is 0 Å². The summed E-state index contributed by atoms with van der Waals surface area (Å²) in [6.45, 7) is 0. The van der Waals surface area contributed by atoms with E-state index in [0.717, 1.165) is 36.5 Å². The monoisotopic (exact) mass is 180 g/mol. The van der Waals surface area contributed by atoms with E-state index in [1.54, 1.807) is 0 Å². The van der Waals surface area contributed by atoms with Gasteiger partial charge in [0.1, 0.15) is 0 Å². The Hall–Kier alpha value is -0.530. The fourth-order valence-electron chi connectivity index (χ4n) is 4.22. The van der Waals surface area contributed by atoms with E-state index in [4.69, 9.17) is 5.11 Å². The minimum absolute atomic E-state index is 0.00148. The molecule has 0 heterocycles. The van der Waals surface area contributed by atoms with Gasteiger partial charge in [-0.1, -0.05) is 0 Å². The highest BCUT2D eigenvalue weighted by atomic mass is 16.4. The van der Waals surface area contributed by atoms with E-state index < -0.39 is 5.97 Å². The van der Waals surface area contributed by atoms with Gasteiger partial charge in [-0.2, -0.15) is 0 Å². The molecule has 0 aromatic carbocycles. The van der Waals surface area contributed by atoms with Crippen LogP contribution in [-0.2, 0) is 4.79 Å². The third-order valence-corrected chi connectivity index (χ3v) is 4.74. The van der Waals surface area contributed by atoms with Gasteiger partial charge in [0.25, 0.3) is 0 Å². The zero-order valence-electron chi connectivity index (χ0n) is 7.78. The molecule has 13 heavy (non-hydrogen) atoms. The second-order valence-electron chi connectivity index (χ2n) is 5.17. The summed E-state index contributed by atoms with van der Waals surface area (Å²) in [5, 5.41) is 8.96. The molecule has 3 fully saturated rings. The van der Waals surface area contributed by atoms with Gasteiger partial charge < -0.3 is 5.11 Å². The highest BCUT2D eigenvalue weighted by Crippen LogP contribution is 2.59. The summed E-state index contributed by atoms with van der Waals surface area (Å²) in [4.78, 5) is 10.9. The summed E-state index contributed by atoms with van der Waals surface area (Å²) in [5.74, 6) is 2.84. The molecule has 0 aromatic heterocycles. The molecular formula is C11H16O2. The van der Waals surface area contributed by atoms with Crippen LogP contribution in [-0.4, -0.2) is 11.1 Å². The summed E-state index contributed by atoms with van der Waals surface area (Å²) in [6.07, 6.45) is 6.17. The number of fused-ring (bicyclic) bond motifs is 5. The Morgan fingerprint density at radius 3 is 2.00 bits per heavy atom. The first-order valence-corrected chi connectivity index (χ1v) is 5.48. The average molecular weight is 180 g/mol. The van der Waals surface area contributed by atoms with E-state index in [1.807, 2.05) is 0 Å². The summed E-state index contributed by atoms with van der Waals surface area (Å²) < 4.78 is 0. The lowest BCUT2D eigenvalue weighted by Gasteiger charge is -2.23. The molecule has 5 atom stereocenters. The van der Waals surface area contributed by atoms with Crippen molar-refractivity contribution in [2.45, 2.75) is 32.1 Å². The Morgan fingerprint density at radius 2 is 1.54 bits per heavy atom. The van der Waals surface area contributed by atoms with Crippen LogP contribution in [0.15, 0.2) is 0 Å². The average Bonchev–Trinajstić information content (AvgIpc) is 2.76. The van der Waals surface area contributed by atoms with E-state index >= 15 is 0 Å². The van der Waals surface area contributed by atoms with Crippen LogP contribution in [0.4, 0.5) is 0 Å². The van der Waals surface area contributed by atoms with Crippen LogP contribution in [0.1, 0.15) is 32.1 Å². The quantitative estimate of drug-likeness (QED) is 0.671. The molecule has 1 N–H and O–H groups in total. The Morgan fingerprint density at radius 1 is 1.00 bits per heavy atom. The molecule has 0 radical (unpaired) electrons. The second kappa shape index (κ2) is 2.49. The van der Waals surface area contributed by atoms with Crippen LogP contribution in [0.3, 0.4) is 0 Å². The number of carboxylic acids is 1. The summed E-state index contributed by atoms with van der Waals surface area (Å²) >= 11 is 0. The van der Waals surface area contributed by atoms with Crippen LogP contribution < -0.4 is 0 Å². The molecule has 3 saturated carbocycles. The van der Waals surface area contributed by atoms with E-state index in [1.165, 1.54) is 19.3 Å². The predicted molar refractivity (Wildman–Crippen MR) is 48.2 cm³/mol. The lowest BCUT2D eigenvalue weighted by Crippen LogP contribution is -2.15. The van der Waals surface area contributed by atoms with Gasteiger partial charge in [0.15, 0.2) is 0 Å². The molecular weight excluding hydrogens is 164 g/mol. The number of rotatable bonds is 1. The van der Waals surface area contributed by atoms with E-state index in [-0.39, 0.29) is 5.92 Å². The van der Waals surface area contributed by atoms with Crippen LogP contribution in [0.2, 0.25) is 0 Å². The van der Waals surface area contributed by atoms with Gasteiger partial charge in [-0.3, -0.25) is 4.79 Å². The maximum Gasteiger partial charge on any atom is 0.306 e. The maximum atomic E-state index is 10.9. The van der Waals surface area contributed by atoms with Gasteiger partial charge in [0.05, 0.1) is 5.92 Å². The molecule has 3 rings (SSSR count). The molecule has 3 aliphatic rings. The smallest absolute Gasteiger partial charge is 0.306 e. The molecule has 2 nitrogen and oxygen atoms in total. The molecule has 72 valence electrons. The Bertz CT molecular complexity index is 230. The molecule has 3 aliphatic carbocycles. The zero-order valence-corrected chi connectivity index (χ0v) is 7.78. The number of hydrogen-bond donors (Lipinski definition) is 1. The molecule has 2 heteroatoms. The van der Waals surface area contributed by atoms with Crippen LogP contribution in [0.25, 0.3) is 0 Å². The molecule has 2 bridgehead atoms. The number of carboxylic acid groups (broad SMARTS) is 1. The maximum absolute atomic E-state index is 10.9. The molecule has 0 saturated heterocycles. The normalized spacial score (nSPS) is 52.5. The van der Waals surface area contributed by atoms with Gasteiger partial charge in [-0.05, 0) is 55.8 Å². The lowest BCUT2D eigenvalue weighted by atomic mass is 9.82. The van der Waals surface area contributed by atoms with Gasteiger partial charge in [0, 0.05) is 0 Å². The minimum Gasteiger partial charge on any atom is -0.481 e. The highest BCUT2D eigenvalue weighted by Gasteiger charge is 2.53. The zero-order chi connectivity index (χ0) is 9.00. The van der Waals surface area contributed by atoms with Gasteiger partial charge >= 0.3 is 5.97 Å². The molecule has 0 aliphatic heterocycles. The van der Waals surface area contributed by atoms with Crippen LogP contribution in [0, 0.1) is 29.6 Å². The van der Waals surface area contributed by atoms with Crippen molar-refractivity contribution < 1.29 is 9.90 Å². The first kappa shape index (κ1) is 7.84. The van der Waals surface area contributed by atoms with Crippen molar-refractivity contribution >= 4 is 5.97 Å². The number of carbonyl (C=O) groups is 1. The Kier molecular flexibility index (Phi) is 1.50. The summed E-state index contributed by atoms with van der Waals surface area (Å²) in [6, 6.07) is 0. The molecule has 0 amide bonds. The van der Waals surface area contributed by atoms with Crippen LogP contribution in [0.5, 0.6) is 0 Å².